The van der Waals surface area contributed by atoms with Gasteiger partial charge < -0.3 is 10.5 Å². The van der Waals surface area contributed by atoms with Crippen molar-refractivity contribution in [1.29, 1.82) is 0 Å². The van der Waals surface area contributed by atoms with E-state index in [0.717, 1.165) is 36.4 Å². The lowest BCUT2D eigenvalue weighted by atomic mass is 9.96. The van der Waals surface area contributed by atoms with E-state index in [2.05, 4.69) is 11.9 Å². The summed E-state index contributed by atoms with van der Waals surface area (Å²) >= 11 is 0. The zero-order chi connectivity index (χ0) is 10.7. The summed E-state index contributed by atoms with van der Waals surface area (Å²) in [6.07, 6.45) is 4.91. The molecule has 3 heteroatoms. The third kappa shape index (κ3) is 2.48. The van der Waals surface area contributed by atoms with Gasteiger partial charge in [-0.2, -0.15) is 0 Å². The van der Waals surface area contributed by atoms with E-state index in [1.165, 1.54) is 6.42 Å². The quantitative estimate of drug-likeness (QED) is 0.820. The minimum Gasteiger partial charge on any atom is -0.474 e. The molecule has 1 aromatic rings. The van der Waals surface area contributed by atoms with Gasteiger partial charge in [-0.3, -0.25) is 0 Å². The number of nitrogens with two attached hydrogens (primary N) is 1. The normalized spacial score (nSPS) is 16.1. The molecule has 0 atom stereocenters. The number of ether oxygens (including phenoxy) is 1. The maximum absolute atomic E-state index is 5.77. The summed E-state index contributed by atoms with van der Waals surface area (Å²) in [4.78, 5) is 4.44. The SMILES string of the molecule is CCc1cc(CN)cc(OC2CCC2)n1. The van der Waals surface area contributed by atoms with Gasteiger partial charge in [0.1, 0.15) is 6.10 Å². The van der Waals surface area contributed by atoms with Crippen molar-refractivity contribution in [2.75, 3.05) is 0 Å². The van der Waals surface area contributed by atoms with Crippen molar-refractivity contribution in [3.8, 4) is 5.88 Å². The van der Waals surface area contributed by atoms with Crippen LogP contribution in [0.25, 0.3) is 0 Å². The second-order valence-corrected chi connectivity index (χ2v) is 4.03. The molecule has 1 aliphatic carbocycles. The van der Waals surface area contributed by atoms with Gasteiger partial charge in [0, 0.05) is 18.3 Å². The summed E-state index contributed by atoms with van der Waals surface area (Å²) in [5, 5.41) is 0. The minimum absolute atomic E-state index is 0.384. The van der Waals surface area contributed by atoms with Crippen molar-refractivity contribution < 1.29 is 4.74 Å². The average Bonchev–Trinajstić information content (AvgIpc) is 2.23. The van der Waals surface area contributed by atoms with Crippen LogP contribution in [-0.2, 0) is 13.0 Å². The van der Waals surface area contributed by atoms with Gasteiger partial charge >= 0.3 is 0 Å². The Balaban J connectivity index is 2.13. The highest BCUT2D eigenvalue weighted by molar-refractivity contribution is 5.25. The van der Waals surface area contributed by atoms with E-state index in [-0.39, 0.29) is 0 Å². The van der Waals surface area contributed by atoms with Crippen molar-refractivity contribution in [2.45, 2.75) is 45.3 Å². The second-order valence-electron chi connectivity index (χ2n) is 4.03. The maximum Gasteiger partial charge on any atom is 0.214 e. The Morgan fingerprint density at radius 2 is 2.27 bits per heavy atom. The molecular weight excluding hydrogens is 188 g/mol. The molecule has 0 saturated heterocycles. The van der Waals surface area contributed by atoms with E-state index in [9.17, 15) is 0 Å². The number of nitrogens with zero attached hydrogens (tertiary/aromatic N) is 1. The molecule has 1 aliphatic rings. The zero-order valence-electron chi connectivity index (χ0n) is 9.20. The van der Waals surface area contributed by atoms with Crippen LogP contribution in [0.1, 0.15) is 37.4 Å². The number of aryl methyl sites for hydroxylation is 1. The molecule has 0 spiro atoms. The molecular formula is C12H18N2O. The highest BCUT2D eigenvalue weighted by Crippen LogP contribution is 2.24. The third-order valence-electron chi connectivity index (χ3n) is 2.85. The van der Waals surface area contributed by atoms with E-state index in [0.29, 0.717) is 12.6 Å². The number of hydrogen-bond acceptors (Lipinski definition) is 3. The van der Waals surface area contributed by atoms with Crippen molar-refractivity contribution in [1.82, 2.24) is 4.98 Å². The van der Waals surface area contributed by atoms with Crippen LogP contribution in [-0.4, -0.2) is 11.1 Å². The van der Waals surface area contributed by atoms with Crippen LogP contribution in [0.2, 0.25) is 0 Å². The van der Waals surface area contributed by atoms with Crippen molar-refractivity contribution in [3.63, 3.8) is 0 Å². The lowest BCUT2D eigenvalue weighted by Gasteiger charge is -2.26. The van der Waals surface area contributed by atoms with E-state index in [1.807, 2.05) is 12.1 Å². The van der Waals surface area contributed by atoms with Crippen LogP contribution in [0, 0.1) is 0 Å². The minimum atomic E-state index is 0.384. The maximum atomic E-state index is 5.77. The van der Waals surface area contributed by atoms with Gasteiger partial charge in [0.15, 0.2) is 0 Å². The number of pyridine rings is 1. The molecule has 2 rings (SSSR count). The molecule has 2 N–H and O–H groups in total. The highest BCUT2D eigenvalue weighted by Gasteiger charge is 2.19. The van der Waals surface area contributed by atoms with Crippen LogP contribution < -0.4 is 10.5 Å². The van der Waals surface area contributed by atoms with Crippen LogP contribution in [0.3, 0.4) is 0 Å². The summed E-state index contributed by atoms with van der Waals surface area (Å²) in [5.74, 6) is 0.750. The van der Waals surface area contributed by atoms with Crippen LogP contribution in [0.5, 0.6) is 5.88 Å². The predicted octanol–water partition coefficient (Wildman–Crippen LogP) is 2.03. The Labute approximate surface area is 90.7 Å². The Morgan fingerprint density at radius 3 is 2.80 bits per heavy atom. The van der Waals surface area contributed by atoms with Crippen LogP contribution >= 0.6 is 0 Å². The first-order chi connectivity index (χ1) is 7.31. The van der Waals surface area contributed by atoms with Crippen LogP contribution in [0.4, 0.5) is 0 Å². The first-order valence-corrected chi connectivity index (χ1v) is 5.68. The number of hydrogen-bond donors (Lipinski definition) is 1. The zero-order valence-corrected chi connectivity index (χ0v) is 9.20. The Morgan fingerprint density at radius 1 is 1.47 bits per heavy atom. The predicted molar refractivity (Wildman–Crippen MR) is 59.8 cm³/mol. The summed E-state index contributed by atoms with van der Waals surface area (Å²) in [6.45, 7) is 2.65. The fourth-order valence-electron chi connectivity index (χ4n) is 1.64. The smallest absolute Gasteiger partial charge is 0.214 e. The van der Waals surface area contributed by atoms with Gasteiger partial charge in [-0.1, -0.05) is 6.92 Å². The Bertz CT molecular complexity index is 312. The largest absolute Gasteiger partial charge is 0.474 e. The average molecular weight is 206 g/mol. The molecule has 0 aliphatic heterocycles. The van der Waals surface area contributed by atoms with Gasteiger partial charge in [0.05, 0.1) is 0 Å². The third-order valence-corrected chi connectivity index (χ3v) is 2.85. The van der Waals surface area contributed by atoms with Gasteiger partial charge in [0.2, 0.25) is 5.88 Å². The van der Waals surface area contributed by atoms with E-state index < -0.39 is 0 Å². The van der Waals surface area contributed by atoms with E-state index >= 15 is 0 Å². The lowest BCUT2D eigenvalue weighted by molar-refractivity contribution is 0.114. The van der Waals surface area contributed by atoms with Crippen molar-refractivity contribution in [3.05, 3.63) is 23.4 Å². The molecule has 1 aromatic heterocycles. The van der Waals surface area contributed by atoms with Crippen molar-refractivity contribution in [2.24, 2.45) is 5.73 Å². The van der Waals surface area contributed by atoms with E-state index in [1.54, 1.807) is 0 Å². The highest BCUT2D eigenvalue weighted by atomic mass is 16.5. The molecule has 3 nitrogen and oxygen atoms in total. The van der Waals surface area contributed by atoms with E-state index in [4.69, 9.17) is 10.5 Å². The molecule has 0 aromatic carbocycles. The first kappa shape index (κ1) is 10.4. The molecule has 15 heavy (non-hydrogen) atoms. The van der Waals surface area contributed by atoms with Gasteiger partial charge in [-0.15, -0.1) is 0 Å². The molecule has 0 radical (unpaired) electrons. The Kier molecular flexibility index (Phi) is 3.21. The molecule has 0 unspecified atom stereocenters. The van der Waals surface area contributed by atoms with Crippen molar-refractivity contribution >= 4 is 0 Å². The summed E-state index contributed by atoms with van der Waals surface area (Å²) in [5.41, 5.74) is 7.81. The van der Waals surface area contributed by atoms with Crippen LogP contribution in [0.15, 0.2) is 12.1 Å². The monoisotopic (exact) mass is 206 g/mol. The lowest BCUT2D eigenvalue weighted by Crippen LogP contribution is -2.25. The molecule has 82 valence electrons. The molecule has 1 fully saturated rings. The summed E-state index contributed by atoms with van der Waals surface area (Å²) in [7, 11) is 0. The molecule has 1 saturated carbocycles. The van der Waals surface area contributed by atoms with Gasteiger partial charge in [0.25, 0.3) is 0 Å². The second kappa shape index (κ2) is 4.62. The summed E-state index contributed by atoms with van der Waals surface area (Å²) < 4.78 is 5.77. The fourth-order valence-corrected chi connectivity index (χ4v) is 1.64. The summed E-state index contributed by atoms with van der Waals surface area (Å²) in [6, 6.07) is 4.01. The first-order valence-electron chi connectivity index (χ1n) is 5.68. The molecule has 0 amide bonds. The molecule has 1 heterocycles. The van der Waals surface area contributed by atoms with Gasteiger partial charge in [-0.25, -0.2) is 4.98 Å². The molecule has 0 bridgehead atoms. The number of aromatic nitrogens is 1. The standard InChI is InChI=1S/C12H18N2O/c1-2-10-6-9(8-13)7-12(14-10)15-11-4-3-5-11/h6-7,11H,2-5,8,13H2,1H3. The fraction of sp³-hybridized carbons (Fsp3) is 0.583. The Hall–Kier alpha value is -1.09. The number of rotatable bonds is 4. The van der Waals surface area contributed by atoms with Gasteiger partial charge in [-0.05, 0) is 37.3 Å². The topological polar surface area (TPSA) is 48.1 Å².